The molecule has 3 aromatic carbocycles. The Hall–Kier alpha value is -4.06. The Morgan fingerprint density at radius 3 is 2.70 bits per heavy atom. The maximum absolute atomic E-state index is 13.4. The average molecular weight is 440 g/mol. The van der Waals surface area contributed by atoms with Gasteiger partial charge in [0.15, 0.2) is 11.5 Å². The number of nitrogens with one attached hydrogen (secondary N) is 1. The van der Waals surface area contributed by atoms with Gasteiger partial charge in [0.1, 0.15) is 5.75 Å². The Bertz CT molecular complexity index is 1340. The van der Waals surface area contributed by atoms with Crippen LogP contribution in [-0.4, -0.2) is 24.3 Å². The zero-order chi connectivity index (χ0) is 22.8. The first kappa shape index (κ1) is 20.8. The third-order valence-corrected chi connectivity index (χ3v) is 5.67. The second kappa shape index (κ2) is 8.82. The standard InChI is InChI=1S/C27H24N2O4/c1-3-31-24-11-7-5-9-20(24)23-15-21(19-8-4-6-10-22(19)29-23)27(30)28-17(2)18-12-13-25-26(14-18)33-16-32-25/h4-15,17H,3,16H2,1-2H3,(H,28,30)/t17-/m1/s1. The lowest BCUT2D eigenvalue weighted by Gasteiger charge is -2.17. The molecule has 1 atom stereocenters. The second-order valence-corrected chi connectivity index (χ2v) is 7.81. The van der Waals surface area contributed by atoms with Gasteiger partial charge in [-0.15, -0.1) is 0 Å². The molecule has 33 heavy (non-hydrogen) atoms. The van der Waals surface area contributed by atoms with Gasteiger partial charge in [-0.2, -0.15) is 0 Å². The maximum Gasteiger partial charge on any atom is 0.252 e. The molecule has 1 N–H and O–H groups in total. The van der Waals surface area contributed by atoms with E-state index in [-0.39, 0.29) is 18.7 Å². The average Bonchev–Trinajstić information content (AvgIpc) is 3.32. The molecule has 0 spiro atoms. The summed E-state index contributed by atoms with van der Waals surface area (Å²) in [5, 5.41) is 3.92. The van der Waals surface area contributed by atoms with E-state index < -0.39 is 0 Å². The predicted molar refractivity (Wildman–Crippen MR) is 127 cm³/mol. The minimum absolute atomic E-state index is 0.172. The summed E-state index contributed by atoms with van der Waals surface area (Å²) in [6.45, 7) is 4.66. The van der Waals surface area contributed by atoms with Gasteiger partial charge in [0.05, 0.1) is 29.4 Å². The first-order valence-electron chi connectivity index (χ1n) is 11.0. The highest BCUT2D eigenvalue weighted by atomic mass is 16.7. The van der Waals surface area contributed by atoms with Gasteiger partial charge in [-0.3, -0.25) is 4.79 Å². The Kier molecular flexibility index (Phi) is 5.57. The molecule has 0 saturated carbocycles. The quantitative estimate of drug-likeness (QED) is 0.428. The fourth-order valence-corrected chi connectivity index (χ4v) is 4.00. The van der Waals surface area contributed by atoms with E-state index in [1.165, 1.54) is 0 Å². The van der Waals surface area contributed by atoms with Crippen molar-refractivity contribution in [2.45, 2.75) is 19.9 Å². The molecule has 0 saturated heterocycles. The van der Waals surface area contributed by atoms with E-state index in [0.29, 0.717) is 23.6 Å². The number of carbonyl (C=O) groups excluding carboxylic acids is 1. The molecule has 0 radical (unpaired) electrons. The summed E-state index contributed by atoms with van der Waals surface area (Å²) < 4.78 is 16.7. The number of benzene rings is 3. The SMILES string of the molecule is CCOc1ccccc1-c1cc(C(=O)N[C@H](C)c2ccc3c(c2)OCO3)c2ccccc2n1. The van der Waals surface area contributed by atoms with Crippen molar-refractivity contribution in [2.75, 3.05) is 13.4 Å². The molecule has 0 unspecified atom stereocenters. The van der Waals surface area contributed by atoms with Gasteiger partial charge < -0.3 is 19.5 Å². The minimum atomic E-state index is -0.224. The second-order valence-electron chi connectivity index (χ2n) is 7.81. The molecule has 0 bridgehead atoms. The van der Waals surface area contributed by atoms with E-state index in [1.54, 1.807) is 0 Å². The van der Waals surface area contributed by atoms with Crippen LogP contribution in [0.25, 0.3) is 22.2 Å². The zero-order valence-corrected chi connectivity index (χ0v) is 18.5. The number of para-hydroxylation sites is 2. The lowest BCUT2D eigenvalue weighted by molar-refractivity contribution is 0.0941. The Labute approximate surface area is 192 Å². The molecule has 6 heteroatoms. The number of carbonyl (C=O) groups is 1. The van der Waals surface area contributed by atoms with Crippen LogP contribution < -0.4 is 19.5 Å². The molecule has 1 amide bonds. The molecule has 1 aliphatic heterocycles. The minimum Gasteiger partial charge on any atom is -0.493 e. The van der Waals surface area contributed by atoms with Crippen LogP contribution in [0.1, 0.15) is 35.8 Å². The lowest BCUT2D eigenvalue weighted by atomic mass is 10.0. The topological polar surface area (TPSA) is 69.7 Å². The van der Waals surface area contributed by atoms with Crippen LogP contribution in [0.4, 0.5) is 0 Å². The zero-order valence-electron chi connectivity index (χ0n) is 18.5. The number of fused-ring (bicyclic) bond motifs is 2. The highest BCUT2D eigenvalue weighted by Crippen LogP contribution is 2.35. The van der Waals surface area contributed by atoms with Gasteiger partial charge in [0, 0.05) is 10.9 Å². The van der Waals surface area contributed by atoms with Crippen molar-refractivity contribution < 1.29 is 19.0 Å². The van der Waals surface area contributed by atoms with Crippen LogP contribution in [0, 0.1) is 0 Å². The number of aromatic nitrogens is 1. The Morgan fingerprint density at radius 1 is 1.03 bits per heavy atom. The molecule has 1 aromatic heterocycles. The van der Waals surface area contributed by atoms with Crippen molar-refractivity contribution in [1.29, 1.82) is 0 Å². The fraction of sp³-hybridized carbons (Fsp3) is 0.185. The van der Waals surface area contributed by atoms with Crippen molar-refractivity contribution in [3.05, 3.63) is 83.9 Å². The normalized spacial score (nSPS) is 13.0. The largest absolute Gasteiger partial charge is 0.493 e. The van der Waals surface area contributed by atoms with E-state index in [2.05, 4.69) is 5.32 Å². The molecule has 166 valence electrons. The summed E-state index contributed by atoms with van der Waals surface area (Å²) >= 11 is 0. The molecule has 1 aliphatic rings. The van der Waals surface area contributed by atoms with E-state index >= 15 is 0 Å². The number of amides is 1. The summed E-state index contributed by atoms with van der Waals surface area (Å²) in [4.78, 5) is 18.3. The van der Waals surface area contributed by atoms with Gasteiger partial charge in [0.2, 0.25) is 6.79 Å². The Balaban J connectivity index is 1.51. The van der Waals surface area contributed by atoms with Gasteiger partial charge in [-0.05, 0) is 55.8 Å². The van der Waals surface area contributed by atoms with Crippen LogP contribution >= 0.6 is 0 Å². The highest BCUT2D eigenvalue weighted by molar-refractivity contribution is 6.07. The van der Waals surface area contributed by atoms with E-state index in [9.17, 15) is 4.79 Å². The lowest BCUT2D eigenvalue weighted by Crippen LogP contribution is -2.27. The molecular weight excluding hydrogens is 416 g/mol. The van der Waals surface area contributed by atoms with E-state index in [0.717, 1.165) is 33.5 Å². The summed E-state index contributed by atoms with van der Waals surface area (Å²) in [6, 6.07) is 22.7. The summed E-state index contributed by atoms with van der Waals surface area (Å²) in [6.07, 6.45) is 0. The predicted octanol–water partition coefficient (Wildman–Crippen LogP) is 5.52. The summed E-state index contributed by atoms with van der Waals surface area (Å²) in [5.74, 6) is 1.98. The van der Waals surface area contributed by atoms with Crippen molar-refractivity contribution in [3.63, 3.8) is 0 Å². The number of nitrogens with zero attached hydrogens (tertiary/aromatic N) is 1. The first-order valence-corrected chi connectivity index (χ1v) is 11.0. The molecule has 6 nitrogen and oxygen atoms in total. The summed E-state index contributed by atoms with van der Waals surface area (Å²) in [7, 11) is 0. The number of rotatable bonds is 6. The van der Waals surface area contributed by atoms with Gasteiger partial charge in [-0.25, -0.2) is 4.98 Å². The number of hydrogen-bond donors (Lipinski definition) is 1. The molecule has 5 rings (SSSR count). The number of ether oxygens (including phenoxy) is 3. The van der Waals surface area contributed by atoms with Gasteiger partial charge >= 0.3 is 0 Å². The fourth-order valence-electron chi connectivity index (χ4n) is 4.00. The maximum atomic E-state index is 13.4. The van der Waals surface area contributed by atoms with Crippen LogP contribution in [0.2, 0.25) is 0 Å². The van der Waals surface area contributed by atoms with Crippen LogP contribution in [0.5, 0.6) is 17.2 Å². The molecular formula is C27H24N2O4. The van der Waals surface area contributed by atoms with Crippen molar-refractivity contribution in [2.24, 2.45) is 0 Å². The van der Waals surface area contributed by atoms with Crippen molar-refractivity contribution in [1.82, 2.24) is 10.3 Å². The Morgan fingerprint density at radius 2 is 1.82 bits per heavy atom. The molecule has 2 heterocycles. The highest BCUT2D eigenvalue weighted by Gasteiger charge is 2.20. The van der Waals surface area contributed by atoms with E-state index in [4.69, 9.17) is 19.2 Å². The third-order valence-electron chi connectivity index (χ3n) is 5.67. The van der Waals surface area contributed by atoms with Gasteiger partial charge in [0.25, 0.3) is 5.91 Å². The van der Waals surface area contributed by atoms with Crippen LogP contribution in [0.15, 0.2) is 72.8 Å². The van der Waals surface area contributed by atoms with Crippen molar-refractivity contribution in [3.8, 4) is 28.5 Å². The monoisotopic (exact) mass is 440 g/mol. The molecule has 0 fully saturated rings. The number of hydrogen-bond acceptors (Lipinski definition) is 5. The van der Waals surface area contributed by atoms with Gasteiger partial charge in [-0.1, -0.05) is 36.4 Å². The number of pyridine rings is 1. The summed E-state index contributed by atoms with van der Waals surface area (Å²) in [5.41, 5.74) is 3.80. The third kappa shape index (κ3) is 4.07. The molecule has 0 aliphatic carbocycles. The first-order chi connectivity index (χ1) is 16.1. The van der Waals surface area contributed by atoms with Crippen molar-refractivity contribution >= 4 is 16.8 Å². The van der Waals surface area contributed by atoms with Crippen LogP contribution in [0.3, 0.4) is 0 Å². The molecule has 4 aromatic rings. The van der Waals surface area contributed by atoms with Crippen LogP contribution in [-0.2, 0) is 0 Å². The smallest absolute Gasteiger partial charge is 0.252 e. The van der Waals surface area contributed by atoms with E-state index in [1.807, 2.05) is 86.6 Å².